The summed E-state index contributed by atoms with van der Waals surface area (Å²) in [7, 11) is 1.99. The number of hydrogen-bond acceptors (Lipinski definition) is 3. The van der Waals surface area contributed by atoms with Gasteiger partial charge in [-0.25, -0.2) is 0 Å². The van der Waals surface area contributed by atoms with Crippen molar-refractivity contribution in [3.8, 4) is 0 Å². The van der Waals surface area contributed by atoms with Gasteiger partial charge in [0.2, 0.25) is 0 Å². The molecule has 0 radical (unpaired) electrons. The monoisotopic (exact) mass is 216 g/mol. The summed E-state index contributed by atoms with van der Waals surface area (Å²) >= 11 is 5.63. The van der Waals surface area contributed by atoms with Crippen molar-refractivity contribution in [3.63, 3.8) is 0 Å². The van der Waals surface area contributed by atoms with Gasteiger partial charge >= 0.3 is 0 Å². The van der Waals surface area contributed by atoms with Crippen LogP contribution < -0.4 is 4.90 Å². The number of alkyl halides is 1. The number of hydrogen-bond donors (Lipinski definition) is 0. The predicted molar refractivity (Wildman–Crippen MR) is 58.9 cm³/mol. The number of aromatic nitrogens is 1. The van der Waals surface area contributed by atoms with Crippen molar-refractivity contribution in [3.05, 3.63) is 12.0 Å². The number of unbranched alkanes of at least 4 members (excludes halogenated alkanes) is 2. The van der Waals surface area contributed by atoms with Crippen molar-refractivity contribution in [1.29, 1.82) is 0 Å². The van der Waals surface area contributed by atoms with Crippen molar-refractivity contribution >= 4 is 17.6 Å². The van der Waals surface area contributed by atoms with Gasteiger partial charge in [0.1, 0.15) is 6.26 Å². The molecule has 0 atom stereocenters. The van der Waals surface area contributed by atoms with Crippen LogP contribution in [0.1, 0.15) is 31.9 Å². The Morgan fingerprint density at radius 2 is 2.29 bits per heavy atom. The first-order valence-corrected chi connectivity index (χ1v) is 5.53. The maximum Gasteiger partial charge on any atom is 0.297 e. The fraction of sp³-hybridized carbons (Fsp3) is 0.700. The van der Waals surface area contributed by atoms with E-state index in [2.05, 4.69) is 11.9 Å². The summed E-state index contributed by atoms with van der Waals surface area (Å²) < 4.78 is 5.28. The van der Waals surface area contributed by atoms with E-state index in [0.717, 1.165) is 12.2 Å². The van der Waals surface area contributed by atoms with Gasteiger partial charge in [0, 0.05) is 13.6 Å². The van der Waals surface area contributed by atoms with Gasteiger partial charge < -0.3 is 9.32 Å². The Kier molecular flexibility index (Phi) is 4.80. The number of nitrogens with zero attached hydrogens (tertiary/aromatic N) is 2. The second-order valence-electron chi connectivity index (χ2n) is 3.38. The standard InChI is InChI=1S/C10H17ClN2O/c1-3-4-5-6-13(2)10-12-9(7-11)8-14-10/h8H,3-7H2,1-2H3. The highest BCUT2D eigenvalue weighted by Crippen LogP contribution is 2.13. The molecule has 1 aromatic rings. The molecule has 0 aromatic carbocycles. The van der Waals surface area contributed by atoms with Crippen LogP contribution in [0.4, 0.5) is 6.01 Å². The SMILES string of the molecule is CCCCCN(C)c1nc(CCl)co1. The maximum atomic E-state index is 5.63. The third-order valence-electron chi connectivity index (χ3n) is 2.10. The Labute approximate surface area is 90.1 Å². The molecule has 1 aromatic heterocycles. The normalized spacial score (nSPS) is 10.5. The van der Waals surface area contributed by atoms with E-state index in [1.807, 2.05) is 11.9 Å². The molecule has 0 bridgehead atoms. The minimum absolute atomic E-state index is 0.409. The quantitative estimate of drug-likeness (QED) is 0.541. The van der Waals surface area contributed by atoms with Crippen LogP contribution in [0.3, 0.4) is 0 Å². The fourth-order valence-electron chi connectivity index (χ4n) is 1.23. The van der Waals surface area contributed by atoms with Gasteiger partial charge in [0.05, 0.1) is 11.6 Å². The van der Waals surface area contributed by atoms with Gasteiger partial charge in [-0.05, 0) is 6.42 Å². The van der Waals surface area contributed by atoms with Gasteiger partial charge in [-0.3, -0.25) is 0 Å². The van der Waals surface area contributed by atoms with Crippen molar-refractivity contribution < 1.29 is 4.42 Å². The van der Waals surface area contributed by atoms with E-state index in [1.165, 1.54) is 19.3 Å². The molecular weight excluding hydrogens is 200 g/mol. The van der Waals surface area contributed by atoms with E-state index >= 15 is 0 Å². The van der Waals surface area contributed by atoms with E-state index in [4.69, 9.17) is 16.0 Å². The summed E-state index contributed by atoms with van der Waals surface area (Å²) in [5.41, 5.74) is 0.795. The third kappa shape index (κ3) is 3.22. The Hall–Kier alpha value is -0.700. The van der Waals surface area contributed by atoms with Crippen molar-refractivity contribution in [2.24, 2.45) is 0 Å². The van der Waals surface area contributed by atoms with Crippen LogP contribution in [0.15, 0.2) is 10.7 Å². The average molecular weight is 217 g/mol. The first-order chi connectivity index (χ1) is 6.77. The van der Waals surface area contributed by atoms with Crippen LogP contribution in [-0.4, -0.2) is 18.6 Å². The molecule has 0 saturated heterocycles. The van der Waals surface area contributed by atoms with Crippen LogP contribution in [0.5, 0.6) is 0 Å². The predicted octanol–water partition coefficient (Wildman–Crippen LogP) is 3.04. The van der Waals surface area contributed by atoms with Crippen LogP contribution in [0, 0.1) is 0 Å². The highest BCUT2D eigenvalue weighted by molar-refractivity contribution is 6.16. The summed E-state index contributed by atoms with van der Waals surface area (Å²) in [6, 6.07) is 0.664. The van der Waals surface area contributed by atoms with Crippen LogP contribution in [0.25, 0.3) is 0 Å². The summed E-state index contributed by atoms with van der Waals surface area (Å²) in [5, 5.41) is 0. The van der Waals surface area contributed by atoms with E-state index in [-0.39, 0.29) is 0 Å². The van der Waals surface area contributed by atoms with Gasteiger partial charge in [-0.2, -0.15) is 4.98 Å². The molecule has 0 amide bonds. The average Bonchev–Trinajstić information content (AvgIpc) is 2.66. The molecule has 3 nitrogen and oxygen atoms in total. The fourth-order valence-corrected chi connectivity index (χ4v) is 1.35. The third-order valence-corrected chi connectivity index (χ3v) is 2.37. The molecule has 0 aliphatic carbocycles. The largest absolute Gasteiger partial charge is 0.432 e. The lowest BCUT2D eigenvalue weighted by Gasteiger charge is -2.13. The Morgan fingerprint density at radius 1 is 1.50 bits per heavy atom. The van der Waals surface area contributed by atoms with Crippen molar-refractivity contribution in [1.82, 2.24) is 4.98 Å². The molecule has 0 spiro atoms. The molecule has 0 N–H and O–H groups in total. The van der Waals surface area contributed by atoms with E-state index in [1.54, 1.807) is 6.26 Å². The molecule has 4 heteroatoms. The smallest absolute Gasteiger partial charge is 0.297 e. The molecule has 0 aliphatic rings. The lowest BCUT2D eigenvalue weighted by Crippen LogP contribution is -2.18. The van der Waals surface area contributed by atoms with E-state index < -0.39 is 0 Å². The van der Waals surface area contributed by atoms with Gasteiger partial charge in [0.15, 0.2) is 0 Å². The molecule has 0 saturated carbocycles. The molecule has 14 heavy (non-hydrogen) atoms. The zero-order valence-corrected chi connectivity index (χ0v) is 9.55. The van der Waals surface area contributed by atoms with Crippen molar-refractivity contribution in [2.75, 3.05) is 18.5 Å². The first-order valence-electron chi connectivity index (χ1n) is 4.99. The number of anilines is 1. The second-order valence-corrected chi connectivity index (χ2v) is 3.65. The minimum Gasteiger partial charge on any atom is -0.432 e. The highest BCUT2D eigenvalue weighted by Gasteiger charge is 2.07. The number of rotatable bonds is 6. The van der Waals surface area contributed by atoms with Crippen LogP contribution in [-0.2, 0) is 5.88 Å². The Morgan fingerprint density at radius 3 is 2.86 bits per heavy atom. The molecule has 0 unspecified atom stereocenters. The Balaban J connectivity index is 2.39. The first kappa shape index (κ1) is 11.4. The highest BCUT2D eigenvalue weighted by atomic mass is 35.5. The lowest BCUT2D eigenvalue weighted by atomic mass is 10.2. The molecule has 1 rings (SSSR count). The number of halogens is 1. The molecule has 1 heterocycles. The Bertz CT molecular complexity index is 262. The molecular formula is C10H17ClN2O. The lowest BCUT2D eigenvalue weighted by molar-refractivity contribution is 0.538. The van der Waals surface area contributed by atoms with Crippen LogP contribution >= 0.6 is 11.6 Å². The van der Waals surface area contributed by atoms with Gasteiger partial charge in [-0.1, -0.05) is 19.8 Å². The molecule has 80 valence electrons. The maximum absolute atomic E-state index is 5.63. The summed E-state index contributed by atoms with van der Waals surface area (Å²) in [6.07, 6.45) is 5.25. The summed E-state index contributed by atoms with van der Waals surface area (Å²) in [5.74, 6) is 0.409. The van der Waals surface area contributed by atoms with E-state index in [0.29, 0.717) is 11.9 Å². The number of oxazole rings is 1. The van der Waals surface area contributed by atoms with Crippen LogP contribution in [0.2, 0.25) is 0 Å². The summed E-state index contributed by atoms with van der Waals surface area (Å²) in [6.45, 7) is 3.17. The van der Waals surface area contributed by atoms with Gasteiger partial charge in [0.25, 0.3) is 6.01 Å². The van der Waals surface area contributed by atoms with E-state index in [9.17, 15) is 0 Å². The summed E-state index contributed by atoms with van der Waals surface area (Å²) in [4.78, 5) is 6.25. The zero-order chi connectivity index (χ0) is 10.4. The molecule has 0 aliphatic heterocycles. The minimum atomic E-state index is 0.409. The zero-order valence-electron chi connectivity index (χ0n) is 8.79. The topological polar surface area (TPSA) is 29.3 Å². The molecule has 0 fully saturated rings. The second kappa shape index (κ2) is 5.91. The van der Waals surface area contributed by atoms with Gasteiger partial charge in [-0.15, -0.1) is 11.6 Å². The van der Waals surface area contributed by atoms with Crippen molar-refractivity contribution in [2.45, 2.75) is 32.1 Å².